The van der Waals surface area contributed by atoms with Crippen molar-refractivity contribution in [2.75, 3.05) is 24.5 Å². The van der Waals surface area contributed by atoms with Gasteiger partial charge in [-0.3, -0.25) is 9.36 Å². The van der Waals surface area contributed by atoms with Crippen molar-refractivity contribution in [3.8, 4) is 0 Å². The lowest BCUT2D eigenvalue weighted by molar-refractivity contribution is 0.473. The maximum Gasteiger partial charge on any atom is 0.263 e. The van der Waals surface area contributed by atoms with Gasteiger partial charge in [0, 0.05) is 13.1 Å². The number of aromatic amines is 1. The molecular weight excluding hydrogens is 416 g/mol. The molecule has 0 radical (unpaired) electrons. The lowest BCUT2D eigenvalue weighted by Crippen LogP contribution is -2.35. The summed E-state index contributed by atoms with van der Waals surface area (Å²) in [6.45, 7) is 2.45. The van der Waals surface area contributed by atoms with Gasteiger partial charge in [-0.15, -0.1) is 0 Å². The predicted octanol–water partition coefficient (Wildman–Crippen LogP) is 2.59. The third-order valence-corrected chi connectivity index (χ3v) is 6.65. The molecule has 6 rings (SSSR count). The largest absolute Gasteiger partial charge is 0.345 e. The average Bonchev–Trinajstić information content (AvgIpc) is 3.54. The Labute approximate surface area is 182 Å². The van der Waals surface area contributed by atoms with Gasteiger partial charge in [0.1, 0.15) is 17.7 Å². The monoisotopic (exact) mass is 436 g/mol. The zero-order valence-corrected chi connectivity index (χ0v) is 17.5. The number of rotatable bonds is 3. The zero-order valence-electron chi connectivity index (χ0n) is 16.8. The number of fused-ring (bicyclic) bond motifs is 2. The van der Waals surface area contributed by atoms with Crippen LogP contribution in [0.4, 0.5) is 5.82 Å². The molecule has 0 amide bonds. The number of halogens is 1. The number of hydrogen-bond acceptors (Lipinski definition) is 7. The topological polar surface area (TPSA) is 105 Å². The summed E-state index contributed by atoms with van der Waals surface area (Å²) >= 11 is 6.42. The van der Waals surface area contributed by atoms with E-state index in [-0.39, 0.29) is 17.6 Å². The Morgan fingerprint density at radius 2 is 2.10 bits per heavy atom. The molecule has 4 aromatic rings. The second-order valence-corrected chi connectivity index (χ2v) is 8.48. The van der Waals surface area contributed by atoms with Crippen LogP contribution in [0.3, 0.4) is 0 Å². The Bertz CT molecular complexity index is 1340. The van der Waals surface area contributed by atoms with E-state index in [0.29, 0.717) is 21.6 Å². The van der Waals surface area contributed by atoms with Crippen LogP contribution in [0.1, 0.15) is 37.2 Å². The fourth-order valence-electron chi connectivity index (χ4n) is 4.93. The number of hydrogen-bond donors (Lipinski definition) is 2. The van der Waals surface area contributed by atoms with E-state index in [0.717, 1.165) is 56.1 Å². The van der Waals surface area contributed by atoms with Gasteiger partial charge in [0.25, 0.3) is 5.56 Å². The smallest absolute Gasteiger partial charge is 0.263 e. The molecule has 31 heavy (non-hydrogen) atoms. The van der Waals surface area contributed by atoms with Gasteiger partial charge in [-0.25, -0.2) is 19.9 Å². The molecule has 1 aromatic carbocycles. The lowest BCUT2D eigenvalue weighted by Gasteiger charge is -2.29. The van der Waals surface area contributed by atoms with E-state index in [4.69, 9.17) is 16.6 Å². The standard InChI is InChI=1S/C21H21ClN8O/c22-13-3-1-4-14-16(13)21(31)30(12-6-7-23-9-12)19(28-14)15-5-2-8-29(15)20-17-18(25-10-24-17)26-11-27-20/h1,3-4,10-12,15,23H,2,5-9H2,(H,24,25,26,27)/t12-,15-/m0/s1. The van der Waals surface area contributed by atoms with Crippen molar-refractivity contribution < 1.29 is 0 Å². The first-order chi connectivity index (χ1) is 15.2. The van der Waals surface area contributed by atoms with E-state index in [1.54, 1.807) is 12.4 Å². The molecule has 9 nitrogen and oxygen atoms in total. The van der Waals surface area contributed by atoms with Crippen molar-refractivity contribution in [2.24, 2.45) is 0 Å². The summed E-state index contributed by atoms with van der Waals surface area (Å²) in [4.78, 5) is 37.1. The first-order valence-electron chi connectivity index (χ1n) is 10.5. The Balaban J connectivity index is 1.57. The molecular formula is C21H21ClN8O. The molecule has 2 saturated heterocycles. The van der Waals surface area contributed by atoms with Gasteiger partial charge in [-0.2, -0.15) is 0 Å². The van der Waals surface area contributed by atoms with Crippen LogP contribution in [0.2, 0.25) is 5.02 Å². The summed E-state index contributed by atoms with van der Waals surface area (Å²) in [6, 6.07) is 5.43. The average molecular weight is 437 g/mol. The Morgan fingerprint density at radius 3 is 2.97 bits per heavy atom. The van der Waals surface area contributed by atoms with Crippen LogP contribution in [-0.4, -0.2) is 49.1 Å². The fourth-order valence-corrected chi connectivity index (χ4v) is 5.18. The van der Waals surface area contributed by atoms with Crippen molar-refractivity contribution in [2.45, 2.75) is 31.3 Å². The summed E-state index contributed by atoms with van der Waals surface area (Å²) in [5, 5.41) is 4.31. The van der Waals surface area contributed by atoms with Crippen molar-refractivity contribution >= 4 is 39.5 Å². The van der Waals surface area contributed by atoms with E-state index < -0.39 is 0 Å². The summed E-state index contributed by atoms with van der Waals surface area (Å²) in [6.07, 6.45) is 5.92. The van der Waals surface area contributed by atoms with Crippen LogP contribution in [-0.2, 0) is 0 Å². The number of benzene rings is 1. The minimum absolute atomic E-state index is 0.0516. The summed E-state index contributed by atoms with van der Waals surface area (Å²) in [5.41, 5.74) is 2.00. The Kier molecular flexibility index (Phi) is 4.39. The summed E-state index contributed by atoms with van der Waals surface area (Å²) < 4.78 is 1.88. The molecule has 2 aliphatic rings. The molecule has 3 aromatic heterocycles. The number of nitrogens with zero attached hydrogens (tertiary/aromatic N) is 6. The number of nitrogens with one attached hydrogen (secondary N) is 2. The molecule has 158 valence electrons. The quantitative estimate of drug-likeness (QED) is 0.508. The minimum Gasteiger partial charge on any atom is -0.345 e. The molecule has 2 atom stereocenters. The Hall–Kier alpha value is -3.04. The molecule has 2 aliphatic heterocycles. The first-order valence-corrected chi connectivity index (χ1v) is 10.9. The van der Waals surface area contributed by atoms with E-state index >= 15 is 0 Å². The first kappa shape index (κ1) is 18.7. The highest BCUT2D eigenvalue weighted by molar-refractivity contribution is 6.35. The third kappa shape index (κ3) is 2.91. The van der Waals surface area contributed by atoms with E-state index in [2.05, 4.69) is 30.2 Å². The van der Waals surface area contributed by atoms with Crippen molar-refractivity contribution in [1.82, 2.24) is 34.8 Å². The van der Waals surface area contributed by atoms with Gasteiger partial charge in [0.2, 0.25) is 0 Å². The molecule has 0 bridgehead atoms. The molecule has 5 heterocycles. The van der Waals surface area contributed by atoms with Gasteiger partial charge >= 0.3 is 0 Å². The highest BCUT2D eigenvalue weighted by atomic mass is 35.5. The lowest BCUT2D eigenvalue weighted by atomic mass is 10.1. The number of anilines is 1. The van der Waals surface area contributed by atoms with Crippen LogP contribution in [0.25, 0.3) is 22.1 Å². The molecule has 10 heteroatoms. The van der Waals surface area contributed by atoms with Gasteiger partial charge in [0.05, 0.1) is 34.3 Å². The van der Waals surface area contributed by atoms with Gasteiger partial charge in [-0.05, 0) is 37.9 Å². The normalized spacial score (nSPS) is 21.5. The molecule has 0 unspecified atom stereocenters. The second kappa shape index (κ2) is 7.28. The molecule has 0 spiro atoms. The van der Waals surface area contributed by atoms with Crippen LogP contribution in [0, 0.1) is 0 Å². The SMILES string of the molecule is O=c1c2c(Cl)cccc2nc([C@@H]2CCCN2c2ncnc3nc[nH]c23)n1[C@H]1CCNC1. The summed E-state index contributed by atoms with van der Waals surface area (Å²) in [7, 11) is 0. The van der Waals surface area contributed by atoms with Crippen LogP contribution in [0.15, 0.2) is 35.6 Å². The van der Waals surface area contributed by atoms with Gasteiger partial charge in [-0.1, -0.05) is 17.7 Å². The highest BCUT2D eigenvalue weighted by Crippen LogP contribution is 2.38. The van der Waals surface area contributed by atoms with E-state index in [1.807, 2.05) is 16.7 Å². The predicted molar refractivity (Wildman–Crippen MR) is 119 cm³/mol. The summed E-state index contributed by atoms with van der Waals surface area (Å²) in [5.74, 6) is 1.57. The molecule has 2 N–H and O–H groups in total. The van der Waals surface area contributed by atoms with E-state index in [1.165, 1.54) is 6.33 Å². The van der Waals surface area contributed by atoms with Gasteiger partial charge < -0.3 is 15.2 Å². The molecule has 0 saturated carbocycles. The van der Waals surface area contributed by atoms with Crippen molar-refractivity contribution in [1.29, 1.82) is 0 Å². The fraction of sp³-hybridized carbons (Fsp3) is 0.381. The molecule has 0 aliphatic carbocycles. The maximum atomic E-state index is 13.7. The number of aromatic nitrogens is 6. The Morgan fingerprint density at radius 1 is 1.16 bits per heavy atom. The van der Waals surface area contributed by atoms with E-state index in [9.17, 15) is 4.79 Å². The molecule has 2 fully saturated rings. The van der Waals surface area contributed by atoms with Crippen molar-refractivity contribution in [3.05, 3.63) is 52.1 Å². The van der Waals surface area contributed by atoms with Crippen LogP contribution in [0.5, 0.6) is 0 Å². The van der Waals surface area contributed by atoms with Crippen LogP contribution < -0.4 is 15.8 Å². The number of H-pyrrole nitrogens is 1. The van der Waals surface area contributed by atoms with Gasteiger partial charge in [0.15, 0.2) is 11.5 Å². The second-order valence-electron chi connectivity index (χ2n) is 8.08. The maximum absolute atomic E-state index is 13.7. The van der Waals surface area contributed by atoms with Crippen molar-refractivity contribution in [3.63, 3.8) is 0 Å². The highest BCUT2D eigenvalue weighted by Gasteiger charge is 2.35. The zero-order chi connectivity index (χ0) is 20.9. The van der Waals surface area contributed by atoms with Crippen LogP contribution >= 0.6 is 11.6 Å². The minimum atomic E-state index is -0.0712. The third-order valence-electron chi connectivity index (χ3n) is 6.33. The number of imidazole rings is 1.